The lowest BCUT2D eigenvalue weighted by Gasteiger charge is -2.32. The highest BCUT2D eigenvalue weighted by Crippen LogP contribution is 2.35. The largest absolute Gasteiger partial charge is 0.545 e. The third-order valence-electron chi connectivity index (χ3n) is 4.12. The molecule has 1 aromatic heterocycles. The van der Waals surface area contributed by atoms with E-state index in [1.54, 1.807) is 30.3 Å². The van der Waals surface area contributed by atoms with E-state index in [1.807, 2.05) is 13.8 Å². The van der Waals surface area contributed by atoms with Crippen LogP contribution in [0.25, 0.3) is 5.69 Å². The highest BCUT2D eigenvalue weighted by atomic mass is 16.4. The molecule has 0 N–H and O–H groups in total. The number of carboxylic acids is 1. The third-order valence-corrected chi connectivity index (χ3v) is 4.12. The molecule has 0 aliphatic heterocycles. The molecule has 2 aromatic rings. The van der Waals surface area contributed by atoms with Crippen molar-refractivity contribution in [2.45, 2.75) is 26.7 Å². The van der Waals surface area contributed by atoms with E-state index < -0.39 is 17.1 Å². The van der Waals surface area contributed by atoms with Crippen LogP contribution < -0.4 is 10.7 Å². The van der Waals surface area contributed by atoms with Gasteiger partial charge in [0.05, 0.1) is 11.5 Å². The number of fused-ring (bicyclic) bond motifs is 1. The lowest BCUT2D eigenvalue weighted by atomic mass is 9.75. The van der Waals surface area contributed by atoms with E-state index >= 15 is 0 Å². The summed E-state index contributed by atoms with van der Waals surface area (Å²) in [5.41, 5.74) is -0.0290. The second-order valence-electron chi connectivity index (χ2n) is 6.62. The van der Waals surface area contributed by atoms with Gasteiger partial charge in [-0.25, -0.2) is 0 Å². The van der Waals surface area contributed by atoms with Crippen molar-refractivity contribution in [1.29, 1.82) is 0 Å². The Morgan fingerprint density at radius 1 is 1.13 bits per heavy atom. The molecule has 1 aliphatic rings. The fourth-order valence-electron chi connectivity index (χ4n) is 3.11. The number of hydrogen-bond acceptors (Lipinski definition) is 4. The molecule has 0 bridgehead atoms. The highest BCUT2D eigenvalue weighted by molar-refractivity contribution is 6.00. The van der Waals surface area contributed by atoms with Crippen LogP contribution in [0.5, 0.6) is 0 Å². The number of nitrogens with zero attached hydrogens (tertiary/aromatic N) is 1. The van der Waals surface area contributed by atoms with Crippen molar-refractivity contribution in [2.75, 3.05) is 0 Å². The summed E-state index contributed by atoms with van der Waals surface area (Å²) in [6.07, 6.45) is 0.838. The van der Waals surface area contributed by atoms with Gasteiger partial charge in [0.15, 0.2) is 5.78 Å². The molecule has 5 heteroatoms. The van der Waals surface area contributed by atoms with Crippen LogP contribution >= 0.6 is 0 Å². The van der Waals surface area contributed by atoms with Gasteiger partial charge in [0.2, 0.25) is 0 Å². The molecule has 118 valence electrons. The van der Waals surface area contributed by atoms with E-state index in [2.05, 4.69) is 0 Å². The number of Topliss-reactive ketones (excluding diaryl/α,β-unsaturated/α-hetero) is 1. The second kappa shape index (κ2) is 5.19. The topological polar surface area (TPSA) is 79.2 Å². The number of hydrogen-bond donors (Lipinski definition) is 0. The summed E-state index contributed by atoms with van der Waals surface area (Å²) in [7, 11) is 0. The lowest BCUT2D eigenvalue weighted by Crippen LogP contribution is -2.39. The van der Waals surface area contributed by atoms with E-state index in [0.717, 1.165) is 0 Å². The van der Waals surface area contributed by atoms with Gasteiger partial charge in [0, 0.05) is 23.4 Å². The Morgan fingerprint density at radius 2 is 1.78 bits per heavy atom. The van der Waals surface area contributed by atoms with Gasteiger partial charge >= 0.3 is 0 Å². The number of ketones is 1. The van der Waals surface area contributed by atoms with Crippen molar-refractivity contribution in [3.05, 3.63) is 63.6 Å². The Morgan fingerprint density at radius 3 is 2.39 bits per heavy atom. The monoisotopic (exact) mass is 310 g/mol. The number of carbonyl (C=O) groups excluding carboxylic acids is 2. The van der Waals surface area contributed by atoms with E-state index in [4.69, 9.17) is 0 Å². The maximum absolute atomic E-state index is 12.6. The number of pyridine rings is 1. The number of carbonyl (C=O) groups is 2. The van der Waals surface area contributed by atoms with Crippen molar-refractivity contribution < 1.29 is 14.7 Å². The molecule has 23 heavy (non-hydrogen) atoms. The first-order valence-electron chi connectivity index (χ1n) is 7.39. The molecule has 0 radical (unpaired) electrons. The van der Waals surface area contributed by atoms with E-state index in [0.29, 0.717) is 29.8 Å². The number of carboxylic acid groups (broad SMARTS) is 1. The molecule has 5 nitrogen and oxygen atoms in total. The molecule has 0 saturated heterocycles. The lowest BCUT2D eigenvalue weighted by molar-refractivity contribution is -0.255. The molecule has 1 aliphatic carbocycles. The summed E-state index contributed by atoms with van der Waals surface area (Å²) in [5.74, 6) is -1.72. The average Bonchev–Trinajstić information content (AvgIpc) is 2.46. The van der Waals surface area contributed by atoms with Gasteiger partial charge in [0.25, 0.3) is 5.56 Å². The minimum atomic E-state index is -1.57. The molecule has 3 rings (SSSR count). The molecule has 1 heterocycles. The van der Waals surface area contributed by atoms with Crippen LogP contribution in [0.2, 0.25) is 0 Å². The van der Waals surface area contributed by atoms with Gasteiger partial charge in [-0.05, 0) is 30.0 Å². The first-order valence-corrected chi connectivity index (χ1v) is 7.39. The van der Waals surface area contributed by atoms with Gasteiger partial charge in [-0.2, -0.15) is 0 Å². The Hall–Kier alpha value is -2.69. The zero-order valence-corrected chi connectivity index (χ0v) is 13.0. The third kappa shape index (κ3) is 2.59. The van der Waals surface area contributed by atoms with E-state index in [1.165, 1.54) is 10.6 Å². The Labute approximate surface area is 133 Å². The van der Waals surface area contributed by atoms with Crippen LogP contribution in [0.4, 0.5) is 0 Å². The zero-order chi connectivity index (χ0) is 16.8. The SMILES string of the molecule is CC1(C)CC(=O)c2cc(C(=O)[O-])c(=O)n(-c3ccccc3)c2C1. The van der Waals surface area contributed by atoms with E-state index in [9.17, 15) is 19.5 Å². The van der Waals surface area contributed by atoms with Crippen LogP contribution in [0.3, 0.4) is 0 Å². The van der Waals surface area contributed by atoms with Gasteiger partial charge < -0.3 is 9.90 Å². The van der Waals surface area contributed by atoms with Gasteiger partial charge in [-0.3, -0.25) is 14.2 Å². The van der Waals surface area contributed by atoms with Crippen LogP contribution in [0.15, 0.2) is 41.2 Å². The summed E-state index contributed by atoms with van der Waals surface area (Å²) in [6.45, 7) is 3.92. The Kier molecular flexibility index (Phi) is 3.43. The fourth-order valence-corrected chi connectivity index (χ4v) is 3.11. The van der Waals surface area contributed by atoms with Crippen molar-refractivity contribution in [3.8, 4) is 5.69 Å². The highest BCUT2D eigenvalue weighted by Gasteiger charge is 2.34. The standard InChI is InChI=1S/C18H17NO4/c1-18(2)9-14-12(15(20)10-18)8-13(17(22)23)16(21)19(14)11-6-4-3-5-7-11/h3-8H,9-10H2,1-2H3,(H,22,23)/p-1. The first-order chi connectivity index (χ1) is 10.8. The van der Waals surface area contributed by atoms with Gasteiger partial charge in [-0.1, -0.05) is 32.0 Å². The summed E-state index contributed by atoms with van der Waals surface area (Å²) in [5, 5.41) is 11.3. The van der Waals surface area contributed by atoms with Gasteiger partial charge in [-0.15, -0.1) is 0 Å². The number of rotatable bonds is 2. The number of aromatic carboxylic acids is 1. The smallest absolute Gasteiger partial charge is 0.264 e. The van der Waals surface area contributed by atoms with Crippen LogP contribution in [-0.2, 0) is 6.42 Å². The molecule has 0 saturated carbocycles. The Bertz CT molecular complexity index is 863. The van der Waals surface area contributed by atoms with Crippen molar-refractivity contribution in [3.63, 3.8) is 0 Å². The minimum Gasteiger partial charge on any atom is -0.545 e. The maximum atomic E-state index is 12.6. The van der Waals surface area contributed by atoms with Crippen LogP contribution in [0.1, 0.15) is 46.7 Å². The Balaban J connectivity index is 2.40. The molecular formula is C18H16NO4-. The summed E-state index contributed by atoms with van der Waals surface area (Å²) in [6, 6.07) is 9.92. The fraction of sp³-hybridized carbons (Fsp3) is 0.278. The summed E-state index contributed by atoms with van der Waals surface area (Å²) >= 11 is 0. The van der Waals surface area contributed by atoms with Gasteiger partial charge in [0.1, 0.15) is 0 Å². The molecule has 0 fully saturated rings. The predicted molar refractivity (Wildman–Crippen MR) is 82.8 cm³/mol. The van der Waals surface area contributed by atoms with Crippen LogP contribution in [-0.4, -0.2) is 16.3 Å². The zero-order valence-electron chi connectivity index (χ0n) is 13.0. The first kappa shape index (κ1) is 15.2. The van der Waals surface area contributed by atoms with E-state index in [-0.39, 0.29) is 11.2 Å². The predicted octanol–water partition coefficient (Wildman–Crippen LogP) is 1.36. The molecule has 0 spiro atoms. The minimum absolute atomic E-state index is 0.150. The summed E-state index contributed by atoms with van der Waals surface area (Å²) in [4.78, 5) is 36.4. The normalized spacial score (nSPS) is 16.0. The second-order valence-corrected chi connectivity index (χ2v) is 6.62. The number of aromatic nitrogens is 1. The van der Waals surface area contributed by atoms with Crippen molar-refractivity contribution in [1.82, 2.24) is 4.57 Å². The molecule has 1 aromatic carbocycles. The molecule has 0 unspecified atom stereocenters. The maximum Gasteiger partial charge on any atom is 0.264 e. The quantitative estimate of drug-likeness (QED) is 0.839. The summed E-state index contributed by atoms with van der Waals surface area (Å²) < 4.78 is 1.33. The number of benzene rings is 1. The number of para-hydroxylation sites is 1. The average molecular weight is 310 g/mol. The molecule has 0 amide bonds. The molecular weight excluding hydrogens is 294 g/mol. The van der Waals surface area contributed by atoms with Crippen molar-refractivity contribution >= 4 is 11.8 Å². The molecule has 0 atom stereocenters. The van der Waals surface area contributed by atoms with Crippen LogP contribution in [0, 0.1) is 5.41 Å². The van der Waals surface area contributed by atoms with Crippen molar-refractivity contribution in [2.24, 2.45) is 5.41 Å².